The van der Waals surface area contributed by atoms with E-state index >= 15 is 0 Å². The minimum Gasteiger partial charge on any atom is -0.462 e. The molecule has 1 aliphatic heterocycles. The van der Waals surface area contributed by atoms with E-state index in [9.17, 15) is 9.59 Å². The van der Waals surface area contributed by atoms with Crippen LogP contribution < -0.4 is 10.6 Å². The first-order valence-electron chi connectivity index (χ1n) is 9.06. The van der Waals surface area contributed by atoms with Gasteiger partial charge in [-0.15, -0.1) is 0 Å². The van der Waals surface area contributed by atoms with E-state index in [1.165, 1.54) is 6.20 Å². The summed E-state index contributed by atoms with van der Waals surface area (Å²) in [4.78, 5) is 28.2. The first kappa shape index (κ1) is 18.8. The van der Waals surface area contributed by atoms with Gasteiger partial charge in [-0.25, -0.2) is 9.78 Å². The molecule has 1 saturated heterocycles. The zero-order chi connectivity index (χ0) is 19.1. The number of ether oxygens (including phenoxy) is 2. The zero-order valence-corrected chi connectivity index (χ0v) is 15.2. The number of hydrogen-bond acceptors (Lipinski definition) is 6. The lowest BCUT2D eigenvalue weighted by molar-refractivity contribution is 0.0526. The second kappa shape index (κ2) is 9.14. The topological polar surface area (TPSA) is 89.5 Å². The fourth-order valence-corrected chi connectivity index (χ4v) is 2.76. The molecule has 1 aromatic heterocycles. The Bertz CT molecular complexity index is 769. The van der Waals surface area contributed by atoms with E-state index in [1.807, 2.05) is 0 Å². The van der Waals surface area contributed by atoms with Crippen LogP contribution in [0, 0.1) is 0 Å². The van der Waals surface area contributed by atoms with Gasteiger partial charge in [0.25, 0.3) is 5.91 Å². The molecule has 1 unspecified atom stereocenters. The number of anilines is 2. The van der Waals surface area contributed by atoms with Crippen LogP contribution in [0.15, 0.2) is 42.6 Å². The molecule has 142 valence electrons. The van der Waals surface area contributed by atoms with E-state index in [0.29, 0.717) is 35.8 Å². The maximum absolute atomic E-state index is 12.3. The van der Waals surface area contributed by atoms with Gasteiger partial charge in [-0.05, 0) is 56.2 Å². The fraction of sp³-hybridized carbons (Fsp3) is 0.350. The molecule has 1 atom stereocenters. The van der Waals surface area contributed by atoms with Gasteiger partial charge in [0.05, 0.1) is 23.8 Å². The summed E-state index contributed by atoms with van der Waals surface area (Å²) in [5, 5.41) is 6.00. The number of amides is 1. The molecule has 1 aliphatic rings. The highest BCUT2D eigenvalue weighted by atomic mass is 16.5. The van der Waals surface area contributed by atoms with Gasteiger partial charge in [0.15, 0.2) is 0 Å². The lowest BCUT2D eigenvalue weighted by Crippen LogP contribution is -2.19. The van der Waals surface area contributed by atoms with E-state index in [2.05, 4.69) is 15.6 Å². The van der Waals surface area contributed by atoms with Crippen LogP contribution in [0.25, 0.3) is 0 Å². The number of nitrogens with zero attached hydrogens (tertiary/aromatic N) is 1. The van der Waals surface area contributed by atoms with E-state index in [1.54, 1.807) is 43.3 Å². The van der Waals surface area contributed by atoms with Gasteiger partial charge < -0.3 is 20.1 Å². The average molecular weight is 369 g/mol. The molecule has 0 bridgehead atoms. The van der Waals surface area contributed by atoms with Crippen LogP contribution in [0.2, 0.25) is 0 Å². The molecule has 0 radical (unpaired) electrons. The molecular weight excluding hydrogens is 346 g/mol. The maximum Gasteiger partial charge on any atom is 0.338 e. The number of carbonyl (C=O) groups is 2. The molecule has 27 heavy (non-hydrogen) atoms. The Labute approximate surface area is 158 Å². The van der Waals surface area contributed by atoms with Gasteiger partial charge in [0, 0.05) is 25.0 Å². The smallest absolute Gasteiger partial charge is 0.338 e. The summed E-state index contributed by atoms with van der Waals surface area (Å²) >= 11 is 0. The fourth-order valence-electron chi connectivity index (χ4n) is 2.76. The quantitative estimate of drug-likeness (QED) is 0.729. The number of benzene rings is 1. The predicted molar refractivity (Wildman–Crippen MR) is 102 cm³/mol. The second-order valence-corrected chi connectivity index (χ2v) is 6.20. The largest absolute Gasteiger partial charge is 0.462 e. The van der Waals surface area contributed by atoms with Crippen LogP contribution in [-0.4, -0.2) is 42.7 Å². The summed E-state index contributed by atoms with van der Waals surface area (Å²) in [6, 6.07) is 10.0. The number of carbonyl (C=O) groups excluding carboxylic acids is 2. The zero-order valence-electron chi connectivity index (χ0n) is 15.2. The van der Waals surface area contributed by atoms with E-state index in [4.69, 9.17) is 9.47 Å². The lowest BCUT2D eigenvalue weighted by Gasteiger charge is -2.11. The summed E-state index contributed by atoms with van der Waals surface area (Å²) < 4.78 is 10.5. The molecule has 2 heterocycles. The van der Waals surface area contributed by atoms with Crippen molar-refractivity contribution in [3.63, 3.8) is 0 Å². The minimum absolute atomic E-state index is 0.229. The first-order chi connectivity index (χ1) is 13.2. The van der Waals surface area contributed by atoms with Crippen molar-refractivity contribution in [1.82, 2.24) is 4.98 Å². The van der Waals surface area contributed by atoms with Gasteiger partial charge in [-0.2, -0.15) is 0 Å². The number of hydrogen-bond donors (Lipinski definition) is 2. The second-order valence-electron chi connectivity index (χ2n) is 6.20. The van der Waals surface area contributed by atoms with Crippen molar-refractivity contribution in [2.45, 2.75) is 25.9 Å². The Hall–Kier alpha value is -2.93. The minimum atomic E-state index is -0.384. The number of aromatic nitrogens is 1. The molecule has 1 amide bonds. The summed E-state index contributed by atoms with van der Waals surface area (Å²) in [6.45, 7) is 3.61. The average Bonchev–Trinajstić information content (AvgIpc) is 3.21. The first-order valence-corrected chi connectivity index (χ1v) is 9.06. The Morgan fingerprint density at radius 2 is 1.96 bits per heavy atom. The van der Waals surface area contributed by atoms with Gasteiger partial charge in [0.2, 0.25) is 0 Å². The third-order valence-corrected chi connectivity index (χ3v) is 4.21. The van der Waals surface area contributed by atoms with E-state index < -0.39 is 0 Å². The highest BCUT2D eigenvalue weighted by molar-refractivity contribution is 6.04. The van der Waals surface area contributed by atoms with Crippen LogP contribution >= 0.6 is 0 Å². The number of nitrogens with one attached hydrogen (secondary N) is 2. The van der Waals surface area contributed by atoms with Crippen molar-refractivity contribution in [3.8, 4) is 0 Å². The third-order valence-electron chi connectivity index (χ3n) is 4.21. The molecule has 7 heteroatoms. The van der Waals surface area contributed by atoms with Crippen molar-refractivity contribution in [2.75, 3.05) is 30.4 Å². The molecule has 0 saturated carbocycles. The number of esters is 1. The molecule has 1 aromatic carbocycles. The maximum atomic E-state index is 12.3. The molecule has 3 rings (SSSR count). The normalized spacial score (nSPS) is 16.0. The van der Waals surface area contributed by atoms with Gasteiger partial charge >= 0.3 is 5.97 Å². The molecule has 7 nitrogen and oxygen atoms in total. The van der Waals surface area contributed by atoms with E-state index in [0.717, 1.165) is 19.4 Å². The van der Waals surface area contributed by atoms with Crippen LogP contribution in [0.1, 0.15) is 40.5 Å². The summed E-state index contributed by atoms with van der Waals surface area (Å²) in [6.07, 6.45) is 3.91. The van der Waals surface area contributed by atoms with Crippen molar-refractivity contribution in [3.05, 3.63) is 53.7 Å². The molecule has 2 N–H and O–H groups in total. The summed E-state index contributed by atoms with van der Waals surface area (Å²) in [5.41, 5.74) is 1.49. The van der Waals surface area contributed by atoms with E-state index in [-0.39, 0.29) is 18.0 Å². The Balaban J connectivity index is 1.53. The molecule has 1 fully saturated rings. The Morgan fingerprint density at radius 3 is 2.59 bits per heavy atom. The standard InChI is InChI=1S/C20H23N3O4/c1-2-26-20(25)14-5-8-16(9-6-14)23-19(24)15-7-10-18(21-12-15)22-13-17-4-3-11-27-17/h5-10,12,17H,2-4,11,13H2,1H3,(H,21,22)(H,23,24). The van der Waals surface area contributed by atoms with Crippen molar-refractivity contribution < 1.29 is 19.1 Å². The molecular formula is C20H23N3O4. The summed E-state index contributed by atoms with van der Waals surface area (Å²) in [7, 11) is 0. The van der Waals surface area contributed by atoms with Crippen molar-refractivity contribution >= 4 is 23.4 Å². The van der Waals surface area contributed by atoms with Crippen LogP contribution in [-0.2, 0) is 9.47 Å². The lowest BCUT2D eigenvalue weighted by atomic mass is 10.2. The Morgan fingerprint density at radius 1 is 1.19 bits per heavy atom. The third kappa shape index (κ3) is 5.27. The van der Waals surface area contributed by atoms with Gasteiger partial charge in [-0.3, -0.25) is 4.79 Å². The monoisotopic (exact) mass is 369 g/mol. The van der Waals surface area contributed by atoms with Crippen molar-refractivity contribution in [1.29, 1.82) is 0 Å². The van der Waals surface area contributed by atoms with Gasteiger partial charge in [0.1, 0.15) is 5.82 Å². The highest BCUT2D eigenvalue weighted by Crippen LogP contribution is 2.15. The molecule has 0 spiro atoms. The highest BCUT2D eigenvalue weighted by Gasteiger charge is 2.15. The Kier molecular flexibility index (Phi) is 6.38. The van der Waals surface area contributed by atoms with Crippen LogP contribution in [0.4, 0.5) is 11.5 Å². The van der Waals surface area contributed by atoms with Crippen molar-refractivity contribution in [2.24, 2.45) is 0 Å². The predicted octanol–water partition coefficient (Wildman–Crippen LogP) is 3.10. The van der Waals surface area contributed by atoms with Crippen LogP contribution in [0.3, 0.4) is 0 Å². The molecule has 0 aliphatic carbocycles. The number of rotatable bonds is 7. The van der Waals surface area contributed by atoms with Gasteiger partial charge in [-0.1, -0.05) is 0 Å². The number of pyridine rings is 1. The SMILES string of the molecule is CCOC(=O)c1ccc(NC(=O)c2ccc(NCC3CCCO3)nc2)cc1. The van der Waals surface area contributed by atoms with Crippen LogP contribution in [0.5, 0.6) is 0 Å². The molecule has 2 aromatic rings. The summed E-state index contributed by atoms with van der Waals surface area (Å²) in [5.74, 6) is 0.0589.